The van der Waals surface area contributed by atoms with Gasteiger partial charge in [-0.2, -0.15) is 0 Å². The van der Waals surface area contributed by atoms with Gasteiger partial charge in [0.25, 0.3) is 0 Å². The molecule has 0 aliphatic rings. The molecule has 17 heavy (non-hydrogen) atoms. The number of aliphatic imine (C=N–C) groups is 1. The topological polar surface area (TPSA) is 12.4 Å². The molecule has 1 rings (SSSR count). The van der Waals surface area contributed by atoms with E-state index in [-0.39, 0.29) is 5.82 Å². The second-order valence-electron chi connectivity index (χ2n) is 4.18. The van der Waals surface area contributed by atoms with Crippen LogP contribution in [-0.4, -0.2) is 5.71 Å². The monoisotopic (exact) mass is 233 g/mol. The van der Waals surface area contributed by atoms with Crippen molar-refractivity contribution in [3.63, 3.8) is 0 Å². The van der Waals surface area contributed by atoms with Gasteiger partial charge in [-0.15, -0.1) is 0 Å². The van der Waals surface area contributed by atoms with E-state index in [9.17, 15) is 4.39 Å². The average molecular weight is 233 g/mol. The van der Waals surface area contributed by atoms with Crippen LogP contribution in [0, 0.1) is 5.82 Å². The zero-order chi connectivity index (χ0) is 12.8. The first-order valence-corrected chi connectivity index (χ1v) is 6.05. The minimum atomic E-state index is -0.128. The molecule has 0 atom stereocenters. The molecule has 0 aliphatic carbocycles. The molecule has 1 aromatic carbocycles. The maximum atomic E-state index is 13.7. The van der Waals surface area contributed by atoms with Crippen molar-refractivity contribution >= 4 is 5.71 Å². The summed E-state index contributed by atoms with van der Waals surface area (Å²) >= 11 is 0. The average Bonchev–Trinajstić information content (AvgIpc) is 2.31. The molecule has 0 radical (unpaired) electrons. The molecule has 0 amide bonds. The van der Waals surface area contributed by atoms with Crippen LogP contribution in [0.4, 0.5) is 4.39 Å². The molecule has 0 N–H and O–H groups in total. The van der Waals surface area contributed by atoms with Crippen LogP contribution in [0.15, 0.2) is 35.0 Å². The predicted octanol–water partition coefficient (Wildman–Crippen LogP) is 4.51. The van der Waals surface area contributed by atoms with E-state index in [1.807, 2.05) is 39.0 Å². The molecule has 0 heterocycles. The molecular weight excluding hydrogens is 213 g/mol. The van der Waals surface area contributed by atoms with Crippen LogP contribution in [-0.2, 0) is 6.42 Å². The summed E-state index contributed by atoms with van der Waals surface area (Å²) in [5, 5.41) is 0. The van der Waals surface area contributed by atoms with Gasteiger partial charge in [0.15, 0.2) is 0 Å². The van der Waals surface area contributed by atoms with Crippen LogP contribution in [0.2, 0.25) is 0 Å². The maximum absolute atomic E-state index is 13.7. The van der Waals surface area contributed by atoms with Gasteiger partial charge in [-0.1, -0.05) is 31.6 Å². The quantitative estimate of drug-likeness (QED) is 0.678. The van der Waals surface area contributed by atoms with Crippen molar-refractivity contribution in [1.29, 1.82) is 0 Å². The highest BCUT2D eigenvalue weighted by molar-refractivity contribution is 5.99. The Hall–Kier alpha value is -1.44. The Morgan fingerprint density at radius 1 is 1.35 bits per heavy atom. The first-order valence-electron chi connectivity index (χ1n) is 6.05. The SMILES string of the molecule is C/C=C(C)/N=C(\C)c1ccc(CCC)c(F)c1. The van der Waals surface area contributed by atoms with Crippen molar-refractivity contribution in [3.05, 3.63) is 46.9 Å². The van der Waals surface area contributed by atoms with Crippen LogP contribution in [0.3, 0.4) is 0 Å². The van der Waals surface area contributed by atoms with Gasteiger partial charge in [0.2, 0.25) is 0 Å². The summed E-state index contributed by atoms with van der Waals surface area (Å²) in [7, 11) is 0. The second kappa shape index (κ2) is 6.33. The second-order valence-corrected chi connectivity index (χ2v) is 4.18. The lowest BCUT2D eigenvalue weighted by Crippen LogP contribution is -1.98. The first-order chi connectivity index (χ1) is 8.08. The number of aryl methyl sites for hydroxylation is 1. The fourth-order valence-corrected chi connectivity index (χ4v) is 1.64. The Bertz CT molecular complexity index is 444. The smallest absolute Gasteiger partial charge is 0.127 e. The summed E-state index contributed by atoms with van der Waals surface area (Å²) in [5.74, 6) is -0.128. The van der Waals surface area contributed by atoms with Gasteiger partial charge in [0.05, 0.1) is 0 Å². The van der Waals surface area contributed by atoms with Crippen LogP contribution in [0.5, 0.6) is 0 Å². The molecule has 2 heteroatoms. The highest BCUT2D eigenvalue weighted by Gasteiger charge is 2.04. The Kier molecular flexibility index (Phi) is 5.08. The van der Waals surface area contributed by atoms with Gasteiger partial charge >= 0.3 is 0 Å². The fourth-order valence-electron chi connectivity index (χ4n) is 1.64. The van der Waals surface area contributed by atoms with Crippen molar-refractivity contribution in [2.24, 2.45) is 4.99 Å². The third-order valence-electron chi connectivity index (χ3n) is 2.75. The number of benzene rings is 1. The van der Waals surface area contributed by atoms with E-state index in [1.54, 1.807) is 6.07 Å². The van der Waals surface area contributed by atoms with E-state index in [2.05, 4.69) is 11.9 Å². The van der Waals surface area contributed by atoms with Crippen molar-refractivity contribution < 1.29 is 4.39 Å². The molecule has 92 valence electrons. The number of halogens is 1. The van der Waals surface area contributed by atoms with Crippen LogP contribution in [0.1, 0.15) is 45.2 Å². The van der Waals surface area contributed by atoms with Crippen LogP contribution >= 0.6 is 0 Å². The summed E-state index contributed by atoms with van der Waals surface area (Å²) < 4.78 is 13.7. The minimum Gasteiger partial charge on any atom is -0.258 e. The van der Waals surface area contributed by atoms with Gasteiger partial charge in [0.1, 0.15) is 5.82 Å². The van der Waals surface area contributed by atoms with Crippen LogP contribution < -0.4 is 0 Å². The largest absolute Gasteiger partial charge is 0.258 e. The Morgan fingerprint density at radius 2 is 2.06 bits per heavy atom. The molecule has 0 fully saturated rings. The molecule has 0 spiro atoms. The molecule has 0 aromatic heterocycles. The fraction of sp³-hybridized carbons (Fsp3) is 0.400. The standard InChI is InChI=1S/C15H20FN/c1-5-7-13-8-9-14(10-15(13)16)12(4)17-11(3)6-2/h6,8-10H,5,7H2,1-4H3/b11-6+,17-12+. The zero-order valence-corrected chi connectivity index (χ0v) is 11.0. The molecule has 1 nitrogen and oxygen atoms in total. The Labute approximate surface area is 103 Å². The lowest BCUT2D eigenvalue weighted by Gasteiger charge is -2.05. The molecule has 0 bridgehead atoms. The molecule has 1 aromatic rings. The van der Waals surface area contributed by atoms with E-state index in [1.165, 1.54) is 0 Å². The van der Waals surface area contributed by atoms with Crippen LogP contribution in [0.25, 0.3) is 0 Å². The highest BCUT2D eigenvalue weighted by Crippen LogP contribution is 2.14. The van der Waals surface area contributed by atoms with Crippen molar-refractivity contribution in [2.45, 2.75) is 40.5 Å². The highest BCUT2D eigenvalue weighted by atomic mass is 19.1. The number of nitrogens with zero attached hydrogens (tertiary/aromatic N) is 1. The normalized spacial score (nSPS) is 13.0. The van der Waals surface area contributed by atoms with E-state index in [0.29, 0.717) is 0 Å². The van der Waals surface area contributed by atoms with E-state index >= 15 is 0 Å². The Balaban J connectivity index is 3.01. The molecule has 0 saturated carbocycles. The summed E-state index contributed by atoms with van der Waals surface area (Å²) in [6.07, 6.45) is 3.68. The lowest BCUT2D eigenvalue weighted by molar-refractivity contribution is 0.607. The van der Waals surface area contributed by atoms with Gasteiger partial charge in [0, 0.05) is 11.4 Å². The lowest BCUT2D eigenvalue weighted by atomic mass is 10.0. The number of allylic oxidation sites excluding steroid dienone is 2. The predicted molar refractivity (Wildman–Crippen MR) is 72.0 cm³/mol. The minimum absolute atomic E-state index is 0.128. The van der Waals surface area contributed by atoms with Crippen molar-refractivity contribution in [1.82, 2.24) is 0 Å². The van der Waals surface area contributed by atoms with E-state index < -0.39 is 0 Å². The third kappa shape index (κ3) is 3.81. The summed E-state index contributed by atoms with van der Waals surface area (Å²) in [6.45, 7) is 7.83. The maximum Gasteiger partial charge on any atom is 0.127 e. The molecular formula is C15H20FN. The van der Waals surface area contributed by atoms with Crippen molar-refractivity contribution in [3.8, 4) is 0 Å². The number of hydrogen-bond acceptors (Lipinski definition) is 1. The molecule has 0 unspecified atom stereocenters. The summed E-state index contributed by atoms with van der Waals surface area (Å²) in [5.41, 5.74) is 3.43. The summed E-state index contributed by atoms with van der Waals surface area (Å²) in [6, 6.07) is 5.38. The third-order valence-corrected chi connectivity index (χ3v) is 2.75. The number of hydrogen-bond donors (Lipinski definition) is 0. The van der Waals surface area contributed by atoms with Gasteiger partial charge < -0.3 is 0 Å². The molecule has 0 saturated heterocycles. The zero-order valence-electron chi connectivity index (χ0n) is 11.0. The molecule has 0 aliphatic heterocycles. The van der Waals surface area contributed by atoms with Crippen molar-refractivity contribution in [2.75, 3.05) is 0 Å². The first kappa shape index (κ1) is 13.6. The van der Waals surface area contributed by atoms with Gasteiger partial charge in [-0.3, -0.25) is 4.99 Å². The van der Waals surface area contributed by atoms with E-state index in [0.717, 1.165) is 35.4 Å². The van der Waals surface area contributed by atoms with Gasteiger partial charge in [-0.25, -0.2) is 4.39 Å². The van der Waals surface area contributed by atoms with Gasteiger partial charge in [-0.05, 0) is 44.4 Å². The Morgan fingerprint density at radius 3 is 2.59 bits per heavy atom. The van der Waals surface area contributed by atoms with E-state index in [4.69, 9.17) is 0 Å². The number of rotatable bonds is 4. The summed E-state index contributed by atoms with van der Waals surface area (Å²) in [4.78, 5) is 4.39.